The number of benzene rings is 3. The molecule has 3 aromatic rings. The van der Waals surface area contributed by atoms with Gasteiger partial charge in [0.1, 0.15) is 11.5 Å². The summed E-state index contributed by atoms with van der Waals surface area (Å²) in [5.41, 5.74) is 1.02. The number of ether oxygens (including phenoxy) is 2. The highest BCUT2D eigenvalue weighted by molar-refractivity contribution is 5.89. The van der Waals surface area contributed by atoms with Gasteiger partial charge in [0.15, 0.2) is 6.10 Å². The van der Waals surface area contributed by atoms with E-state index in [1.807, 2.05) is 87.5 Å². The molecule has 4 nitrogen and oxygen atoms in total. The molecule has 0 unspecified atom stereocenters. The van der Waals surface area contributed by atoms with E-state index in [1.165, 1.54) is 0 Å². The van der Waals surface area contributed by atoms with E-state index >= 15 is 0 Å². The van der Waals surface area contributed by atoms with Gasteiger partial charge in [0.2, 0.25) is 0 Å². The Bertz CT molecular complexity index is 915. The number of rotatable bonds is 8. The van der Waals surface area contributed by atoms with Gasteiger partial charge >= 0.3 is 0 Å². The molecule has 0 aliphatic carbocycles. The van der Waals surface area contributed by atoms with Crippen LogP contribution in [0.4, 0.5) is 0 Å². The van der Waals surface area contributed by atoms with Gasteiger partial charge in [-0.15, -0.1) is 0 Å². The third-order valence-corrected chi connectivity index (χ3v) is 4.73. The zero-order chi connectivity index (χ0) is 19.9. The maximum absolute atomic E-state index is 12.8. The van der Waals surface area contributed by atoms with Gasteiger partial charge in [0, 0.05) is 5.39 Å². The van der Waals surface area contributed by atoms with Gasteiger partial charge in [-0.3, -0.25) is 4.79 Å². The average Bonchev–Trinajstić information content (AvgIpc) is 2.72. The summed E-state index contributed by atoms with van der Waals surface area (Å²) < 4.78 is 11.6. The van der Waals surface area contributed by atoms with Crippen LogP contribution >= 0.6 is 0 Å². The summed E-state index contributed by atoms with van der Waals surface area (Å²) in [4.78, 5) is 12.8. The van der Waals surface area contributed by atoms with Crippen molar-refractivity contribution < 1.29 is 14.3 Å². The van der Waals surface area contributed by atoms with Crippen LogP contribution in [0.25, 0.3) is 10.8 Å². The first-order chi connectivity index (χ1) is 13.6. The molecule has 1 N–H and O–H groups in total. The van der Waals surface area contributed by atoms with Gasteiger partial charge in [-0.1, -0.05) is 55.5 Å². The summed E-state index contributed by atoms with van der Waals surface area (Å²) in [5.74, 6) is 1.45. The fourth-order valence-electron chi connectivity index (χ4n) is 3.18. The Morgan fingerprint density at radius 3 is 2.39 bits per heavy atom. The Balaban J connectivity index is 1.69. The largest absolute Gasteiger partial charge is 0.494 e. The van der Waals surface area contributed by atoms with Gasteiger partial charge in [-0.05, 0) is 49.4 Å². The molecule has 28 heavy (non-hydrogen) atoms. The molecule has 0 fully saturated rings. The van der Waals surface area contributed by atoms with Gasteiger partial charge in [0.05, 0.1) is 12.6 Å². The number of carbonyl (C=O) groups is 1. The molecule has 0 saturated carbocycles. The van der Waals surface area contributed by atoms with Crippen molar-refractivity contribution >= 4 is 16.7 Å². The van der Waals surface area contributed by atoms with Crippen molar-refractivity contribution in [2.24, 2.45) is 0 Å². The van der Waals surface area contributed by atoms with E-state index in [4.69, 9.17) is 9.47 Å². The quantitative estimate of drug-likeness (QED) is 0.581. The fraction of sp³-hybridized carbons (Fsp3) is 0.292. The van der Waals surface area contributed by atoms with Crippen LogP contribution in [-0.4, -0.2) is 18.6 Å². The van der Waals surface area contributed by atoms with Crippen LogP contribution in [0.3, 0.4) is 0 Å². The van der Waals surface area contributed by atoms with Crippen LogP contribution < -0.4 is 14.8 Å². The van der Waals surface area contributed by atoms with E-state index < -0.39 is 6.10 Å². The Kier molecular flexibility index (Phi) is 6.53. The van der Waals surface area contributed by atoms with Crippen molar-refractivity contribution in [3.05, 3.63) is 72.3 Å². The summed E-state index contributed by atoms with van der Waals surface area (Å²) in [6.07, 6.45) is 0.0429. The van der Waals surface area contributed by atoms with Gasteiger partial charge < -0.3 is 14.8 Å². The van der Waals surface area contributed by atoms with Crippen molar-refractivity contribution in [1.82, 2.24) is 5.32 Å². The third-order valence-electron chi connectivity index (χ3n) is 4.73. The lowest BCUT2D eigenvalue weighted by Crippen LogP contribution is -2.39. The Labute approximate surface area is 166 Å². The molecule has 3 rings (SSSR count). The van der Waals surface area contributed by atoms with Crippen LogP contribution in [0.2, 0.25) is 0 Å². The molecular weight excluding hydrogens is 350 g/mol. The normalized spacial score (nSPS) is 13.0. The van der Waals surface area contributed by atoms with E-state index in [0.29, 0.717) is 13.0 Å². The number of fused-ring (bicyclic) bond motifs is 1. The Morgan fingerprint density at radius 2 is 1.68 bits per heavy atom. The van der Waals surface area contributed by atoms with E-state index in [1.54, 1.807) is 0 Å². The lowest BCUT2D eigenvalue weighted by Gasteiger charge is -2.21. The van der Waals surface area contributed by atoms with Crippen LogP contribution in [0.15, 0.2) is 66.7 Å². The lowest BCUT2D eigenvalue weighted by molar-refractivity contribution is -0.128. The predicted octanol–water partition coefficient (Wildman–Crippen LogP) is 5.27. The molecule has 146 valence electrons. The van der Waals surface area contributed by atoms with Crippen LogP contribution in [0, 0.1) is 0 Å². The van der Waals surface area contributed by atoms with E-state index in [2.05, 4.69) is 5.32 Å². The number of hydrogen-bond donors (Lipinski definition) is 1. The molecule has 0 saturated heterocycles. The molecule has 0 aliphatic heterocycles. The minimum Gasteiger partial charge on any atom is -0.494 e. The molecule has 0 spiro atoms. The highest BCUT2D eigenvalue weighted by Crippen LogP contribution is 2.27. The van der Waals surface area contributed by atoms with Crippen molar-refractivity contribution in [2.75, 3.05) is 6.61 Å². The highest BCUT2D eigenvalue weighted by Gasteiger charge is 2.21. The first-order valence-corrected chi connectivity index (χ1v) is 9.80. The van der Waals surface area contributed by atoms with E-state index in [-0.39, 0.29) is 11.9 Å². The number of amides is 1. The first kappa shape index (κ1) is 19.7. The summed E-state index contributed by atoms with van der Waals surface area (Å²) in [7, 11) is 0. The minimum absolute atomic E-state index is 0.114. The summed E-state index contributed by atoms with van der Waals surface area (Å²) in [6.45, 7) is 6.52. The molecule has 0 radical (unpaired) electrons. The summed E-state index contributed by atoms with van der Waals surface area (Å²) in [6, 6.07) is 21.6. The standard InChI is InChI=1S/C24H27NO3/c1-4-22(28-23-12-8-10-19-9-6-7-11-21(19)23)24(26)25-17(3)18-13-15-20(16-14-18)27-5-2/h6-17,22H,4-5H2,1-3H3,(H,25,26)/t17-,22+/m1/s1. The zero-order valence-electron chi connectivity index (χ0n) is 16.6. The van der Waals surface area contributed by atoms with Crippen molar-refractivity contribution in [3.8, 4) is 11.5 Å². The maximum atomic E-state index is 12.8. The lowest BCUT2D eigenvalue weighted by atomic mass is 10.1. The molecular formula is C24H27NO3. The fourth-order valence-corrected chi connectivity index (χ4v) is 3.18. The molecule has 3 aromatic carbocycles. The second kappa shape index (κ2) is 9.27. The molecule has 1 amide bonds. The van der Waals surface area contributed by atoms with E-state index in [9.17, 15) is 4.79 Å². The minimum atomic E-state index is -0.545. The van der Waals surface area contributed by atoms with Crippen molar-refractivity contribution in [1.29, 1.82) is 0 Å². The first-order valence-electron chi connectivity index (χ1n) is 9.80. The van der Waals surface area contributed by atoms with Crippen molar-refractivity contribution in [2.45, 2.75) is 39.3 Å². The molecule has 0 aromatic heterocycles. The van der Waals surface area contributed by atoms with Crippen LogP contribution in [0.5, 0.6) is 11.5 Å². The number of hydrogen-bond acceptors (Lipinski definition) is 3. The Hall–Kier alpha value is -3.01. The third kappa shape index (κ3) is 4.63. The predicted molar refractivity (Wildman–Crippen MR) is 113 cm³/mol. The number of carbonyl (C=O) groups excluding carboxylic acids is 1. The summed E-state index contributed by atoms with van der Waals surface area (Å²) in [5, 5.41) is 5.17. The monoisotopic (exact) mass is 377 g/mol. The second-order valence-corrected chi connectivity index (χ2v) is 6.72. The maximum Gasteiger partial charge on any atom is 0.261 e. The van der Waals surface area contributed by atoms with Crippen molar-refractivity contribution in [3.63, 3.8) is 0 Å². The van der Waals surface area contributed by atoms with Gasteiger partial charge in [-0.2, -0.15) is 0 Å². The van der Waals surface area contributed by atoms with E-state index in [0.717, 1.165) is 27.8 Å². The smallest absolute Gasteiger partial charge is 0.261 e. The molecule has 2 atom stereocenters. The zero-order valence-corrected chi connectivity index (χ0v) is 16.6. The van der Waals surface area contributed by atoms with Gasteiger partial charge in [0.25, 0.3) is 5.91 Å². The molecule has 0 bridgehead atoms. The molecule has 0 aliphatic rings. The van der Waals surface area contributed by atoms with Crippen LogP contribution in [0.1, 0.15) is 38.8 Å². The highest BCUT2D eigenvalue weighted by atomic mass is 16.5. The Morgan fingerprint density at radius 1 is 0.964 bits per heavy atom. The van der Waals surface area contributed by atoms with Crippen LogP contribution in [-0.2, 0) is 4.79 Å². The number of nitrogens with one attached hydrogen (secondary N) is 1. The topological polar surface area (TPSA) is 47.6 Å². The average molecular weight is 377 g/mol. The van der Waals surface area contributed by atoms with Gasteiger partial charge in [-0.25, -0.2) is 0 Å². The molecule has 4 heteroatoms. The molecule has 0 heterocycles. The summed E-state index contributed by atoms with van der Waals surface area (Å²) >= 11 is 0. The second-order valence-electron chi connectivity index (χ2n) is 6.72. The SMILES string of the molecule is CCOc1ccc([C@@H](C)NC(=O)[C@H](CC)Oc2cccc3ccccc23)cc1.